The molecular weight excluding hydrogens is 206 g/mol. The number of rotatable bonds is 3. The van der Waals surface area contributed by atoms with Gasteiger partial charge < -0.3 is 5.11 Å². The second-order valence-corrected chi connectivity index (χ2v) is 6.82. The number of aliphatic hydroxyl groups excluding tert-OH is 1. The first kappa shape index (κ1) is 12.7. The Morgan fingerprint density at radius 3 is 2.27 bits per heavy atom. The van der Waals surface area contributed by atoms with Crippen LogP contribution in [0.1, 0.15) is 45.3 Å². The summed E-state index contributed by atoms with van der Waals surface area (Å²) < 4.78 is 0. The van der Waals surface area contributed by atoms with Gasteiger partial charge in [0.25, 0.3) is 0 Å². The van der Waals surface area contributed by atoms with Crippen molar-refractivity contribution in [1.29, 1.82) is 0 Å². The van der Waals surface area contributed by atoms with Gasteiger partial charge in [-0.2, -0.15) is 0 Å². The highest BCUT2D eigenvalue weighted by atomic mass is 32.1. The van der Waals surface area contributed by atoms with Gasteiger partial charge >= 0.3 is 0 Å². The Kier molecular flexibility index (Phi) is 3.56. The summed E-state index contributed by atoms with van der Waals surface area (Å²) in [6.45, 7) is 10.8. The Bertz CT molecular complexity index is 323. The summed E-state index contributed by atoms with van der Waals surface area (Å²) in [5.41, 5.74) is 1.21. The first-order chi connectivity index (χ1) is 6.74. The fourth-order valence-electron chi connectivity index (χ4n) is 1.20. The van der Waals surface area contributed by atoms with Crippen LogP contribution in [0.25, 0.3) is 0 Å². The van der Waals surface area contributed by atoms with E-state index in [4.69, 9.17) is 0 Å². The van der Waals surface area contributed by atoms with Gasteiger partial charge in [-0.1, -0.05) is 34.6 Å². The second-order valence-electron chi connectivity index (χ2n) is 5.88. The molecule has 86 valence electrons. The van der Waals surface area contributed by atoms with E-state index in [0.29, 0.717) is 0 Å². The van der Waals surface area contributed by atoms with E-state index in [1.54, 1.807) is 11.3 Å². The third kappa shape index (κ3) is 3.58. The lowest BCUT2D eigenvalue weighted by atomic mass is 9.90. The van der Waals surface area contributed by atoms with Gasteiger partial charge in [0, 0.05) is 23.8 Å². The molecule has 1 N–H and O–H groups in total. The fourth-order valence-corrected chi connectivity index (χ4v) is 2.48. The van der Waals surface area contributed by atoms with E-state index in [-0.39, 0.29) is 17.4 Å². The molecular formula is C12H21NOS. The molecule has 0 saturated heterocycles. The smallest absolute Gasteiger partial charge is 0.0934 e. The maximum atomic E-state index is 9.20. The molecule has 0 amide bonds. The molecule has 0 aliphatic rings. The zero-order valence-electron chi connectivity index (χ0n) is 10.3. The number of hydrogen-bond acceptors (Lipinski definition) is 3. The van der Waals surface area contributed by atoms with Crippen molar-refractivity contribution in [3.8, 4) is 0 Å². The minimum atomic E-state index is -0.0625. The lowest BCUT2D eigenvalue weighted by Gasteiger charge is -2.19. The Labute approximate surface area is 96.4 Å². The largest absolute Gasteiger partial charge is 0.396 e. The highest BCUT2D eigenvalue weighted by Crippen LogP contribution is 2.28. The van der Waals surface area contributed by atoms with Crippen LogP contribution in [0.3, 0.4) is 0 Å². The van der Waals surface area contributed by atoms with Gasteiger partial charge in [-0.15, -0.1) is 11.3 Å². The van der Waals surface area contributed by atoms with Crippen LogP contribution in [0.2, 0.25) is 0 Å². The number of aliphatic hydroxyl groups is 1. The summed E-state index contributed by atoms with van der Waals surface area (Å²) in [6, 6.07) is 0. The Morgan fingerprint density at radius 1 is 1.27 bits per heavy atom. The molecule has 3 heteroatoms. The van der Waals surface area contributed by atoms with Crippen LogP contribution < -0.4 is 0 Å². The molecule has 2 nitrogen and oxygen atoms in total. The lowest BCUT2D eigenvalue weighted by Crippen LogP contribution is -2.20. The van der Waals surface area contributed by atoms with Gasteiger partial charge in [0.2, 0.25) is 0 Å². The van der Waals surface area contributed by atoms with Crippen LogP contribution >= 0.6 is 11.3 Å². The standard InChI is InChI=1S/C12H21NOS/c1-11(2,3)9-7-15-10(13-9)6-12(4,5)8-14/h7,14H,6,8H2,1-5H3. The summed E-state index contributed by atoms with van der Waals surface area (Å²) >= 11 is 1.70. The highest BCUT2D eigenvalue weighted by molar-refractivity contribution is 7.09. The maximum absolute atomic E-state index is 9.20. The van der Waals surface area contributed by atoms with E-state index in [9.17, 15) is 5.11 Å². The minimum Gasteiger partial charge on any atom is -0.396 e. The van der Waals surface area contributed by atoms with E-state index in [2.05, 4.69) is 45.0 Å². The molecule has 0 aromatic carbocycles. The van der Waals surface area contributed by atoms with E-state index in [0.717, 1.165) is 17.1 Å². The second kappa shape index (κ2) is 4.22. The van der Waals surface area contributed by atoms with Gasteiger partial charge in [0.05, 0.1) is 10.7 Å². The van der Waals surface area contributed by atoms with Crippen molar-refractivity contribution >= 4 is 11.3 Å². The first-order valence-electron chi connectivity index (χ1n) is 5.30. The van der Waals surface area contributed by atoms with Gasteiger partial charge in [-0.3, -0.25) is 0 Å². The first-order valence-corrected chi connectivity index (χ1v) is 6.18. The van der Waals surface area contributed by atoms with Crippen molar-refractivity contribution in [3.05, 3.63) is 16.1 Å². The zero-order chi connectivity index (χ0) is 11.7. The Morgan fingerprint density at radius 2 is 1.87 bits per heavy atom. The highest BCUT2D eigenvalue weighted by Gasteiger charge is 2.22. The zero-order valence-corrected chi connectivity index (χ0v) is 11.1. The fraction of sp³-hybridized carbons (Fsp3) is 0.750. The summed E-state index contributed by atoms with van der Waals surface area (Å²) in [4.78, 5) is 4.62. The predicted molar refractivity (Wildman–Crippen MR) is 65.4 cm³/mol. The molecule has 0 spiro atoms. The molecule has 0 unspecified atom stereocenters. The van der Waals surface area contributed by atoms with Crippen molar-refractivity contribution in [2.24, 2.45) is 5.41 Å². The monoisotopic (exact) mass is 227 g/mol. The third-order valence-corrected chi connectivity index (χ3v) is 3.23. The SMILES string of the molecule is CC(C)(CO)Cc1nc(C(C)(C)C)cs1. The van der Waals surface area contributed by atoms with Crippen molar-refractivity contribution in [3.63, 3.8) is 0 Å². The van der Waals surface area contributed by atoms with Gasteiger partial charge in [0.1, 0.15) is 0 Å². The van der Waals surface area contributed by atoms with Crippen LogP contribution in [0.5, 0.6) is 0 Å². The third-order valence-electron chi connectivity index (χ3n) is 2.38. The van der Waals surface area contributed by atoms with Gasteiger partial charge in [0.15, 0.2) is 0 Å². The Balaban J connectivity index is 2.78. The number of hydrogen-bond donors (Lipinski definition) is 1. The molecule has 1 rings (SSSR count). The summed E-state index contributed by atoms with van der Waals surface area (Å²) in [7, 11) is 0. The maximum Gasteiger partial charge on any atom is 0.0934 e. The predicted octanol–water partition coefficient (Wildman–Crippen LogP) is 3.00. The van der Waals surface area contributed by atoms with Crippen LogP contribution in [0.4, 0.5) is 0 Å². The van der Waals surface area contributed by atoms with Crippen molar-refractivity contribution in [1.82, 2.24) is 4.98 Å². The summed E-state index contributed by atoms with van der Waals surface area (Å²) in [5, 5.41) is 12.5. The molecule has 1 heterocycles. The summed E-state index contributed by atoms with van der Waals surface area (Å²) in [6.07, 6.45) is 0.851. The van der Waals surface area contributed by atoms with E-state index in [1.807, 2.05) is 0 Å². The van der Waals surface area contributed by atoms with Crippen molar-refractivity contribution in [2.45, 2.75) is 46.5 Å². The average molecular weight is 227 g/mol. The molecule has 1 aromatic heterocycles. The topological polar surface area (TPSA) is 33.1 Å². The summed E-state index contributed by atoms with van der Waals surface area (Å²) in [5.74, 6) is 0. The van der Waals surface area contributed by atoms with Crippen LogP contribution in [0.15, 0.2) is 5.38 Å². The van der Waals surface area contributed by atoms with Gasteiger partial charge in [-0.25, -0.2) is 4.98 Å². The number of thiazole rings is 1. The Hall–Kier alpha value is -0.410. The molecule has 0 aliphatic heterocycles. The molecule has 0 bridgehead atoms. The average Bonchev–Trinajstić information content (AvgIpc) is 2.51. The van der Waals surface area contributed by atoms with Crippen LogP contribution in [-0.4, -0.2) is 16.7 Å². The van der Waals surface area contributed by atoms with Crippen molar-refractivity contribution in [2.75, 3.05) is 6.61 Å². The van der Waals surface area contributed by atoms with E-state index >= 15 is 0 Å². The number of aromatic nitrogens is 1. The quantitative estimate of drug-likeness (QED) is 0.861. The van der Waals surface area contributed by atoms with E-state index < -0.39 is 0 Å². The molecule has 0 aliphatic carbocycles. The molecule has 0 fully saturated rings. The lowest BCUT2D eigenvalue weighted by molar-refractivity contribution is 0.159. The number of nitrogens with zero attached hydrogens (tertiary/aromatic N) is 1. The molecule has 0 radical (unpaired) electrons. The van der Waals surface area contributed by atoms with Crippen LogP contribution in [0, 0.1) is 5.41 Å². The van der Waals surface area contributed by atoms with Gasteiger partial charge in [-0.05, 0) is 5.41 Å². The minimum absolute atomic E-state index is 0.0625. The molecule has 15 heavy (non-hydrogen) atoms. The van der Waals surface area contributed by atoms with Crippen molar-refractivity contribution < 1.29 is 5.11 Å². The molecule has 0 saturated carbocycles. The van der Waals surface area contributed by atoms with Crippen LogP contribution in [-0.2, 0) is 11.8 Å². The molecule has 0 atom stereocenters. The molecule has 1 aromatic rings. The van der Waals surface area contributed by atoms with E-state index in [1.165, 1.54) is 0 Å². The normalized spacial score (nSPS) is 13.2.